The molecule has 1 aliphatic rings. The number of carbonyl (C=O) groups is 3. The normalized spacial score (nSPS) is 18.7. The summed E-state index contributed by atoms with van der Waals surface area (Å²) in [4.78, 5) is 47.9. The number of amides is 3. The van der Waals surface area contributed by atoms with Crippen LogP contribution in [0.2, 0.25) is 0 Å². The van der Waals surface area contributed by atoms with Gasteiger partial charge in [0.25, 0.3) is 11.6 Å². The Morgan fingerprint density at radius 3 is 2.39 bits per heavy atom. The fraction of sp³-hybridized carbons (Fsp3) is 0.211. The van der Waals surface area contributed by atoms with Crippen molar-refractivity contribution < 1.29 is 24.0 Å². The third-order valence-electron chi connectivity index (χ3n) is 4.46. The van der Waals surface area contributed by atoms with Gasteiger partial charge in [-0.3, -0.25) is 24.6 Å². The Kier molecular flexibility index (Phi) is 5.08. The van der Waals surface area contributed by atoms with E-state index < -0.39 is 34.9 Å². The van der Waals surface area contributed by atoms with Gasteiger partial charge < -0.3 is 10.1 Å². The molecule has 0 aromatic heterocycles. The monoisotopic (exact) mass is 383 g/mol. The molecule has 144 valence electrons. The van der Waals surface area contributed by atoms with Crippen molar-refractivity contribution in [2.24, 2.45) is 0 Å². The largest absolute Gasteiger partial charge is 0.459 e. The van der Waals surface area contributed by atoms with E-state index in [2.05, 4.69) is 5.32 Å². The SMILES string of the molecule is C[C@]1(c2ccccc2)NC(=O)N(CC(=O)OCc2ccc([N+](=O)[O-])cc2)C1=O. The Labute approximate surface area is 160 Å². The highest BCUT2D eigenvalue weighted by atomic mass is 16.6. The molecule has 0 spiro atoms. The van der Waals surface area contributed by atoms with Gasteiger partial charge in [0.05, 0.1) is 4.92 Å². The maximum absolute atomic E-state index is 12.7. The first-order chi connectivity index (χ1) is 13.3. The van der Waals surface area contributed by atoms with Gasteiger partial charge in [0.2, 0.25) is 0 Å². The van der Waals surface area contributed by atoms with Gasteiger partial charge in [0.1, 0.15) is 18.7 Å². The Bertz CT molecular complexity index is 928. The van der Waals surface area contributed by atoms with Gasteiger partial charge in [-0.15, -0.1) is 0 Å². The first kappa shape index (κ1) is 19.0. The van der Waals surface area contributed by atoms with Crippen molar-refractivity contribution in [1.82, 2.24) is 10.2 Å². The van der Waals surface area contributed by atoms with Crippen LogP contribution in [-0.2, 0) is 26.5 Å². The van der Waals surface area contributed by atoms with Gasteiger partial charge in [-0.25, -0.2) is 4.79 Å². The van der Waals surface area contributed by atoms with Crippen LogP contribution in [-0.4, -0.2) is 34.3 Å². The minimum absolute atomic E-state index is 0.0744. The van der Waals surface area contributed by atoms with Gasteiger partial charge in [0, 0.05) is 12.1 Å². The maximum Gasteiger partial charge on any atom is 0.326 e. The lowest BCUT2D eigenvalue weighted by Crippen LogP contribution is -2.41. The number of non-ortho nitro benzene ring substituents is 1. The van der Waals surface area contributed by atoms with E-state index in [1.165, 1.54) is 24.3 Å². The molecule has 0 bridgehead atoms. The van der Waals surface area contributed by atoms with Crippen LogP contribution in [0.1, 0.15) is 18.1 Å². The second-order valence-electron chi connectivity index (χ2n) is 6.40. The molecule has 2 aromatic carbocycles. The lowest BCUT2D eigenvalue weighted by Gasteiger charge is -2.21. The number of nitrogens with one attached hydrogen (secondary N) is 1. The number of ether oxygens (including phenoxy) is 1. The molecular formula is C19H17N3O6. The summed E-state index contributed by atoms with van der Waals surface area (Å²) >= 11 is 0. The Morgan fingerprint density at radius 2 is 1.79 bits per heavy atom. The molecule has 1 heterocycles. The van der Waals surface area contributed by atoms with Crippen molar-refractivity contribution in [3.8, 4) is 0 Å². The van der Waals surface area contributed by atoms with Crippen molar-refractivity contribution in [2.45, 2.75) is 19.1 Å². The summed E-state index contributed by atoms with van der Waals surface area (Å²) in [5.41, 5.74) is -0.174. The molecule has 1 fully saturated rings. The maximum atomic E-state index is 12.7. The average molecular weight is 383 g/mol. The van der Waals surface area contributed by atoms with Gasteiger partial charge in [0.15, 0.2) is 0 Å². The predicted molar refractivity (Wildman–Crippen MR) is 96.9 cm³/mol. The van der Waals surface area contributed by atoms with Gasteiger partial charge in [-0.1, -0.05) is 30.3 Å². The zero-order chi connectivity index (χ0) is 20.3. The summed E-state index contributed by atoms with van der Waals surface area (Å²) in [5, 5.41) is 13.2. The number of esters is 1. The van der Waals surface area contributed by atoms with E-state index in [1.807, 2.05) is 0 Å². The fourth-order valence-electron chi connectivity index (χ4n) is 2.86. The average Bonchev–Trinajstić information content (AvgIpc) is 2.91. The standard InChI is InChI=1S/C19H17N3O6/c1-19(14-5-3-2-4-6-14)17(24)21(18(25)20-19)11-16(23)28-12-13-7-9-15(10-8-13)22(26)27/h2-10H,11-12H2,1H3,(H,20,25)/t19-/m1/s1. The van der Waals surface area contributed by atoms with Crippen LogP contribution in [0.4, 0.5) is 10.5 Å². The highest BCUT2D eigenvalue weighted by Crippen LogP contribution is 2.28. The molecule has 0 unspecified atom stereocenters. The van der Waals surface area contributed by atoms with Crippen molar-refractivity contribution in [2.75, 3.05) is 6.54 Å². The molecule has 1 atom stereocenters. The van der Waals surface area contributed by atoms with Crippen LogP contribution in [0.5, 0.6) is 0 Å². The van der Waals surface area contributed by atoms with E-state index in [4.69, 9.17) is 4.74 Å². The first-order valence-corrected chi connectivity index (χ1v) is 8.40. The molecular weight excluding hydrogens is 366 g/mol. The number of imide groups is 1. The summed E-state index contributed by atoms with van der Waals surface area (Å²) < 4.78 is 5.08. The number of nitro benzene ring substituents is 1. The summed E-state index contributed by atoms with van der Waals surface area (Å²) in [7, 11) is 0. The number of rotatable bonds is 6. The number of nitro groups is 1. The third kappa shape index (κ3) is 3.68. The van der Waals surface area contributed by atoms with Crippen LogP contribution in [0.3, 0.4) is 0 Å². The molecule has 0 radical (unpaired) electrons. The zero-order valence-electron chi connectivity index (χ0n) is 15.0. The molecule has 28 heavy (non-hydrogen) atoms. The summed E-state index contributed by atoms with van der Waals surface area (Å²) in [6.07, 6.45) is 0. The molecule has 0 aliphatic carbocycles. The topological polar surface area (TPSA) is 119 Å². The minimum atomic E-state index is -1.25. The molecule has 0 saturated carbocycles. The van der Waals surface area contributed by atoms with Crippen LogP contribution in [0, 0.1) is 10.1 Å². The molecule has 2 aromatic rings. The lowest BCUT2D eigenvalue weighted by atomic mass is 9.92. The van der Waals surface area contributed by atoms with Crippen LogP contribution in [0.25, 0.3) is 0 Å². The van der Waals surface area contributed by atoms with Crippen molar-refractivity contribution >= 4 is 23.6 Å². The van der Waals surface area contributed by atoms with Crippen LogP contribution >= 0.6 is 0 Å². The molecule has 9 nitrogen and oxygen atoms in total. The van der Waals surface area contributed by atoms with E-state index in [0.29, 0.717) is 11.1 Å². The second kappa shape index (κ2) is 7.47. The smallest absolute Gasteiger partial charge is 0.326 e. The van der Waals surface area contributed by atoms with Crippen LogP contribution in [0.15, 0.2) is 54.6 Å². The zero-order valence-corrected chi connectivity index (χ0v) is 15.0. The van der Waals surface area contributed by atoms with E-state index >= 15 is 0 Å². The fourth-order valence-corrected chi connectivity index (χ4v) is 2.86. The molecule has 1 N–H and O–H groups in total. The van der Waals surface area contributed by atoms with Crippen molar-refractivity contribution in [3.05, 3.63) is 75.8 Å². The van der Waals surface area contributed by atoms with Gasteiger partial charge in [-0.05, 0) is 30.2 Å². The van der Waals surface area contributed by atoms with E-state index in [1.54, 1.807) is 37.3 Å². The Hall–Kier alpha value is -3.75. The summed E-state index contributed by atoms with van der Waals surface area (Å²) in [5.74, 6) is -1.31. The summed E-state index contributed by atoms with van der Waals surface area (Å²) in [6, 6.07) is 13.6. The Morgan fingerprint density at radius 1 is 1.14 bits per heavy atom. The Balaban J connectivity index is 1.61. The highest BCUT2D eigenvalue weighted by Gasteiger charge is 2.49. The van der Waals surface area contributed by atoms with E-state index in [9.17, 15) is 24.5 Å². The number of carbonyl (C=O) groups excluding carboxylic acids is 3. The van der Waals surface area contributed by atoms with Gasteiger partial charge in [-0.2, -0.15) is 0 Å². The molecule has 3 rings (SSSR count). The highest BCUT2D eigenvalue weighted by molar-refractivity contribution is 6.08. The van der Waals surface area contributed by atoms with E-state index in [0.717, 1.165) is 4.90 Å². The third-order valence-corrected chi connectivity index (χ3v) is 4.46. The van der Waals surface area contributed by atoms with Crippen molar-refractivity contribution in [3.63, 3.8) is 0 Å². The quantitative estimate of drug-likeness (QED) is 0.353. The molecule has 1 saturated heterocycles. The van der Waals surface area contributed by atoms with Gasteiger partial charge >= 0.3 is 12.0 Å². The van der Waals surface area contributed by atoms with E-state index in [-0.39, 0.29) is 12.3 Å². The first-order valence-electron chi connectivity index (χ1n) is 8.40. The predicted octanol–water partition coefficient (Wildman–Crippen LogP) is 2.11. The number of urea groups is 1. The minimum Gasteiger partial charge on any atom is -0.459 e. The number of hydrogen-bond donors (Lipinski definition) is 1. The number of benzene rings is 2. The van der Waals surface area contributed by atoms with Crippen LogP contribution < -0.4 is 5.32 Å². The number of hydrogen-bond acceptors (Lipinski definition) is 6. The lowest BCUT2D eigenvalue weighted by molar-refractivity contribution is -0.384. The molecule has 1 aliphatic heterocycles. The summed E-state index contributed by atoms with van der Waals surface area (Å²) in [6.45, 7) is 0.918. The molecule has 9 heteroatoms. The van der Waals surface area contributed by atoms with Crippen molar-refractivity contribution in [1.29, 1.82) is 0 Å². The number of nitrogens with zero attached hydrogens (tertiary/aromatic N) is 2. The second-order valence-corrected chi connectivity index (χ2v) is 6.40. The molecule has 3 amide bonds.